The zero-order valence-electron chi connectivity index (χ0n) is 11.1. The van der Waals surface area contributed by atoms with Gasteiger partial charge >= 0.3 is 0 Å². The minimum absolute atomic E-state index is 0.360. The number of carbonyl (C=O) groups is 1. The van der Waals surface area contributed by atoms with E-state index in [-0.39, 0.29) is 5.91 Å². The van der Waals surface area contributed by atoms with Crippen molar-refractivity contribution >= 4 is 43.5 Å². The summed E-state index contributed by atoms with van der Waals surface area (Å²) in [7, 11) is 0. The van der Waals surface area contributed by atoms with Crippen LogP contribution in [0.25, 0.3) is 0 Å². The van der Waals surface area contributed by atoms with E-state index in [4.69, 9.17) is 0 Å². The first-order chi connectivity index (χ1) is 9.42. The minimum Gasteiger partial charge on any atom is -0.364 e. The van der Waals surface area contributed by atoms with Gasteiger partial charge in [-0.05, 0) is 46.8 Å². The van der Waals surface area contributed by atoms with Crippen molar-refractivity contribution in [1.82, 2.24) is 4.90 Å². The predicted molar refractivity (Wildman–Crippen MR) is 84.3 cm³/mol. The van der Waals surface area contributed by atoms with Crippen LogP contribution in [0.3, 0.4) is 0 Å². The number of hydrogen-bond acceptors (Lipinski definition) is 3. The maximum atomic E-state index is 12.4. The fraction of sp³-hybridized carbons (Fsp3) is 0.500. The van der Waals surface area contributed by atoms with E-state index < -0.39 is 5.72 Å². The van der Waals surface area contributed by atoms with Gasteiger partial charge in [0.05, 0.1) is 5.69 Å². The van der Waals surface area contributed by atoms with Crippen molar-refractivity contribution in [2.45, 2.75) is 25.5 Å². The first-order valence-electron chi connectivity index (χ1n) is 6.71. The molecule has 1 unspecified atom stereocenters. The molecule has 1 fully saturated rings. The number of amides is 1. The van der Waals surface area contributed by atoms with Crippen LogP contribution in [0.1, 0.15) is 25.3 Å². The lowest BCUT2D eigenvalue weighted by molar-refractivity contribution is -0.162. The molecule has 1 aromatic carbocycles. The SMILES string of the molecule is CC1CCN(C2(O)C(=O)Nc3c(Br)cc(Br)cc32)CC1. The number of nitrogens with zero attached hydrogens (tertiary/aromatic N) is 1. The molecule has 2 heterocycles. The summed E-state index contributed by atoms with van der Waals surface area (Å²) in [5.74, 6) is 0.286. The van der Waals surface area contributed by atoms with E-state index in [1.54, 1.807) is 0 Å². The van der Waals surface area contributed by atoms with E-state index in [9.17, 15) is 9.90 Å². The third kappa shape index (κ3) is 2.13. The van der Waals surface area contributed by atoms with Crippen LogP contribution in [0, 0.1) is 5.92 Å². The summed E-state index contributed by atoms with van der Waals surface area (Å²) in [6, 6.07) is 3.68. The second-order valence-electron chi connectivity index (χ2n) is 5.61. The molecule has 0 spiro atoms. The average Bonchev–Trinajstić information content (AvgIpc) is 2.65. The standard InChI is InChI=1S/C14H16Br2N2O2/c1-8-2-4-18(5-3-8)14(20)10-6-9(15)7-11(16)12(10)17-13(14)19/h6-8,20H,2-5H2,1H3,(H,17,19). The minimum atomic E-state index is -1.55. The van der Waals surface area contributed by atoms with E-state index in [1.165, 1.54) is 0 Å². The molecule has 0 aromatic heterocycles. The monoisotopic (exact) mass is 402 g/mol. The number of likely N-dealkylation sites (tertiary alicyclic amines) is 1. The fourth-order valence-corrected chi connectivity index (χ4v) is 4.27. The largest absolute Gasteiger partial charge is 0.364 e. The molecular weight excluding hydrogens is 388 g/mol. The lowest BCUT2D eigenvalue weighted by Crippen LogP contribution is -2.53. The van der Waals surface area contributed by atoms with Crippen LogP contribution >= 0.6 is 31.9 Å². The number of piperidine rings is 1. The molecule has 1 amide bonds. The molecule has 20 heavy (non-hydrogen) atoms. The molecule has 1 atom stereocenters. The lowest BCUT2D eigenvalue weighted by Gasteiger charge is -2.39. The first-order valence-corrected chi connectivity index (χ1v) is 8.30. The van der Waals surface area contributed by atoms with Crippen LogP contribution in [0.2, 0.25) is 0 Å². The summed E-state index contributed by atoms with van der Waals surface area (Å²) < 4.78 is 1.61. The van der Waals surface area contributed by atoms with Gasteiger partial charge in [0.15, 0.2) is 0 Å². The molecule has 0 radical (unpaired) electrons. The Hall–Kier alpha value is -0.430. The van der Waals surface area contributed by atoms with Crippen molar-refractivity contribution in [2.75, 3.05) is 18.4 Å². The smallest absolute Gasteiger partial charge is 0.277 e. The van der Waals surface area contributed by atoms with Crippen LogP contribution in [0.4, 0.5) is 5.69 Å². The zero-order chi connectivity index (χ0) is 14.5. The Morgan fingerprint density at radius 1 is 1.35 bits per heavy atom. The highest BCUT2D eigenvalue weighted by Crippen LogP contribution is 2.45. The summed E-state index contributed by atoms with van der Waals surface area (Å²) in [5, 5.41) is 13.8. The first kappa shape index (κ1) is 14.5. The molecule has 0 aliphatic carbocycles. The number of anilines is 1. The van der Waals surface area contributed by atoms with Crippen LogP contribution in [-0.2, 0) is 10.5 Å². The van der Waals surface area contributed by atoms with Crippen molar-refractivity contribution in [1.29, 1.82) is 0 Å². The van der Waals surface area contributed by atoms with Crippen LogP contribution in [-0.4, -0.2) is 29.0 Å². The van der Waals surface area contributed by atoms with Crippen LogP contribution in [0.5, 0.6) is 0 Å². The van der Waals surface area contributed by atoms with E-state index in [0.29, 0.717) is 17.2 Å². The Labute approximate surface area is 134 Å². The van der Waals surface area contributed by atoms with E-state index >= 15 is 0 Å². The maximum Gasteiger partial charge on any atom is 0.277 e. The van der Waals surface area contributed by atoms with Gasteiger partial charge in [0.2, 0.25) is 5.72 Å². The van der Waals surface area contributed by atoms with Crippen molar-refractivity contribution in [2.24, 2.45) is 5.92 Å². The van der Waals surface area contributed by atoms with Gasteiger partial charge in [0, 0.05) is 27.6 Å². The molecule has 1 aromatic rings. The van der Waals surface area contributed by atoms with Gasteiger partial charge in [0.25, 0.3) is 5.91 Å². The number of carbonyl (C=O) groups excluding carboxylic acids is 1. The molecule has 108 valence electrons. The summed E-state index contributed by atoms with van der Waals surface area (Å²) >= 11 is 6.86. The molecule has 2 aliphatic heterocycles. The van der Waals surface area contributed by atoms with E-state index in [2.05, 4.69) is 44.1 Å². The molecule has 6 heteroatoms. The third-order valence-electron chi connectivity index (χ3n) is 4.23. The lowest BCUT2D eigenvalue weighted by atomic mass is 9.94. The second kappa shape index (κ2) is 5.09. The van der Waals surface area contributed by atoms with Gasteiger partial charge in [-0.15, -0.1) is 0 Å². The molecule has 2 N–H and O–H groups in total. The number of halogens is 2. The van der Waals surface area contributed by atoms with Gasteiger partial charge in [-0.3, -0.25) is 9.69 Å². The Bertz CT molecular complexity index is 571. The molecule has 3 rings (SSSR count). The normalized spacial score (nSPS) is 27.5. The fourth-order valence-electron chi connectivity index (χ4n) is 2.94. The molecule has 0 bridgehead atoms. The van der Waals surface area contributed by atoms with Gasteiger partial charge in [0.1, 0.15) is 0 Å². The van der Waals surface area contributed by atoms with E-state index in [1.807, 2.05) is 17.0 Å². The highest BCUT2D eigenvalue weighted by atomic mass is 79.9. The molecule has 0 saturated carbocycles. The molecule has 2 aliphatic rings. The Morgan fingerprint density at radius 3 is 2.65 bits per heavy atom. The Kier molecular flexibility index (Phi) is 3.69. The number of rotatable bonds is 1. The number of benzene rings is 1. The van der Waals surface area contributed by atoms with E-state index in [0.717, 1.165) is 34.9 Å². The van der Waals surface area contributed by atoms with Gasteiger partial charge in [-0.2, -0.15) is 0 Å². The van der Waals surface area contributed by atoms with Gasteiger partial charge in [-0.25, -0.2) is 0 Å². The maximum absolute atomic E-state index is 12.4. The topological polar surface area (TPSA) is 52.6 Å². The average molecular weight is 404 g/mol. The quantitative estimate of drug-likeness (QED) is 0.757. The van der Waals surface area contributed by atoms with Crippen molar-refractivity contribution in [3.05, 3.63) is 26.6 Å². The third-order valence-corrected chi connectivity index (χ3v) is 5.31. The summed E-state index contributed by atoms with van der Waals surface area (Å²) in [6.45, 7) is 3.67. The molecule has 4 nitrogen and oxygen atoms in total. The highest BCUT2D eigenvalue weighted by Gasteiger charge is 2.51. The predicted octanol–water partition coefficient (Wildman–Crippen LogP) is 3.04. The number of fused-ring (bicyclic) bond motifs is 1. The number of nitrogens with one attached hydrogen (secondary N) is 1. The molecular formula is C14H16Br2N2O2. The number of aliphatic hydroxyl groups is 1. The van der Waals surface area contributed by atoms with Crippen molar-refractivity contribution < 1.29 is 9.90 Å². The summed E-state index contributed by atoms with van der Waals surface area (Å²) in [4.78, 5) is 14.2. The van der Waals surface area contributed by atoms with Crippen LogP contribution < -0.4 is 5.32 Å². The van der Waals surface area contributed by atoms with Crippen molar-refractivity contribution in [3.63, 3.8) is 0 Å². The number of hydrogen-bond donors (Lipinski definition) is 2. The van der Waals surface area contributed by atoms with Gasteiger partial charge < -0.3 is 10.4 Å². The second-order valence-corrected chi connectivity index (χ2v) is 7.38. The summed E-state index contributed by atoms with van der Waals surface area (Å²) in [5.41, 5.74) is -0.264. The Morgan fingerprint density at radius 2 is 2.00 bits per heavy atom. The Balaban J connectivity index is 2.04. The summed E-state index contributed by atoms with van der Waals surface area (Å²) in [6.07, 6.45) is 2.00. The van der Waals surface area contributed by atoms with Crippen LogP contribution in [0.15, 0.2) is 21.1 Å². The van der Waals surface area contributed by atoms with Gasteiger partial charge in [-0.1, -0.05) is 22.9 Å². The highest BCUT2D eigenvalue weighted by molar-refractivity contribution is 9.11. The molecule has 1 saturated heterocycles. The zero-order valence-corrected chi connectivity index (χ0v) is 14.3. The van der Waals surface area contributed by atoms with Crippen molar-refractivity contribution in [3.8, 4) is 0 Å².